The molecule has 2 aromatic rings. The minimum atomic E-state index is -3.32. The third kappa shape index (κ3) is 5.86. The Morgan fingerprint density at radius 2 is 1.87 bits per heavy atom. The second kappa shape index (κ2) is 9.54. The van der Waals surface area contributed by atoms with Crippen LogP contribution in [0, 0.1) is 0 Å². The summed E-state index contributed by atoms with van der Waals surface area (Å²) in [5, 5.41) is 8.13. The van der Waals surface area contributed by atoms with Gasteiger partial charge in [-0.25, -0.2) is 8.42 Å². The van der Waals surface area contributed by atoms with E-state index in [1.807, 2.05) is 30.3 Å². The SMILES string of the molecule is CN(c1cccc(NC(=S)NC2(CCc3ccccc3Cl)CCCC2)c1)S(C)(=O)=O. The van der Waals surface area contributed by atoms with Gasteiger partial charge in [0.15, 0.2) is 5.11 Å². The molecule has 1 aliphatic carbocycles. The lowest BCUT2D eigenvalue weighted by Crippen LogP contribution is -2.48. The zero-order valence-corrected chi connectivity index (χ0v) is 19.7. The third-order valence-corrected chi connectivity index (χ3v) is 7.51. The van der Waals surface area contributed by atoms with Crippen LogP contribution in [0.15, 0.2) is 48.5 Å². The van der Waals surface area contributed by atoms with Crippen molar-refractivity contribution in [3.8, 4) is 0 Å². The zero-order chi connectivity index (χ0) is 21.8. The van der Waals surface area contributed by atoms with Gasteiger partial charge in [0.1, 0.15) is 0 Å². The van der Waals surface area contributed by atoms with Crippen LogP contribution in [0.1, 0.15) is 37.7 Å². The quantitative estimate of drug-likeness (QED) is 0.565. The fourth-order valence-corrected chi connectivity index (χ4v) is 5.00. The molecule has 0 aliphatic heterocycles. The number of nitrogens with zero attached hydrogens (tertiary/aromatic N) is 1. The molecular formula is C22H28ClN3O2S2. The fourth-order valence-electron chi connectivity index (χ4n) is 3.94. The minimum absolute atomic E-state index is 0.0512. The summed E-state index contributed by atoms with van der Waals surface area (Å²) in [5.74, 6) is 0. The molecule has 0 atom stereocenters. The Balaban J connectivity index is 1.67. The summed E-state index contributed by atoms with van der Waals surface area (Å²) in [6, 6.07) is 15.2. The van der Waals surface area contributed by atoms with Crippen LogP contribution in [0.5, 0.6) is 0 Å². The Hall–Kier alpha value is -1.83. The molecule has 0 spiro atoms. The number of halogens is 1. The van der Waals surface area contributed by atoms with Crippen LogP contribution in [-0.4, -0.2) is 32.4 Å². The Labute approximate surface area is 189 Å². The van der Waals surface area contributed by atoms with Gasteiger partial charge in [-0.1, -0.05) is 48.7 Å². The van der Waals surface area contributed by atoms with E-state index in [1.165, 1.54) is 30.5 Å². The molecule has 0 unspecified atom stereocenters. The molecule has 0 heterocycles. The van der Waals surface area contributed by atoms with E-state index < -0.39 is 10.0 Å². The van der Waals surface area contributed by atoms with E-state index in [-0.39, 0.29) is 5.54 Å². The lowest BCUT2D eigenvalue weighted by Gasteiger charge is -2.32. The van der Waals surface area contributed by atoms with Crippen LogP contribution in [-0.2, 0) is 16.4 Å². The molecule has 1 saturated carbocycles. The van der Waals surface area contributed by atoms with E-state index in [0.717, 1.165) is 42.0 Å². The lowest BCUT2D eigenvalue weighted by molar-refractivity contribution is 0.362. The van der Waals surface area contributed by atoms with Crippen LogP contribution >= 0.6 is 23.8 Å². The second-order valence-corrected chi connectivity index (χ2v) is 10.8. The van der Waals surface area contributed by atoms with Crippen molar-refractivity contribution in [2.24, 2.45) is 0 Å². The van der Waals surface area contributed by atoms with Gasteiger partial charge in [-0.3, -0.25) is 4.31 Å². The van der Waals surface area contributed by atoms with Gasteiger partial charge in [-0.05, 0) is 67.7 Å². The number of benzene rings is 2. The van der Waals surface area contributed by atoms with Crippen molar-refractivity contribution in [3.05, 3.63) is 59.1 Å². The van der Waals surface area contributed by atoms with Crippen molar-refractivity contribution in [1.82, 2.24) is 5.32 Å². The average Bonchev–Trinajstić information content (AvgIpc) is 3.14. The highest BCUT2D eigenvalue weighted by atomic mass is 35.5. The number of aryl methyl sites for hydroxylation is 1. The maximum atomic E-state index is 11.8. The molecule has 1 aliphatic rings. The number of nitrogens with one attached hydrogen (secondary N) is 2. The van der Waals surface area contributed by atoms with Crippen LogP contribution in [0.25, 0.3) is 0 Å². The normalized spacial score (nSPS) is 15.6. The summed E-state index contributed by atoms with van der Waals surface area (Å²) >= 11 is 11.9. The highest BCUT2D eigenvalue weighted by Crippen LogP contribution is 2.34. The molecule has 0 amide bonds. The predicted molar refractivity (Wildman–Crippen MR) is 130 cm³/mol. The summed E-state index contributed by atoms with van der Waals surface area (Å²) in [6.07, 6.45) is 7.51. The molecule has 162 valence electrons. The maximum absolute atomic E-state index is 11.8. The first-order valence-corrected chi connectivity index (χ1v) is 12.7. The molecule has 0 bridgehead atoms. The molecule has 1 fully saturated rings. The molecule has 5 nitrogen and oxygen atoms in total. The first kappa shape index (κ1) is 22.8. The number of sulfonamides is 1. The molecule has 30 heavy (non-hydrogen) atoms. The maximum Gasteiger partial charge on any atom is 0.231 e. The Bertz CT molecular complexity index is 1000. The Kier molecular flexibility index (Phi) is 7.26. The largest absolute Gasteiger partial charge is 0.357 e. The summed E-state index contributed by atoms with van der Waals surface area (Å²) < 4.78 is 24.9. The monoisotopic (exact) mass is 465 g/mol. The average molecular weight is 466 g/mol. The van der Waals surface area contributed by atoms with Crippen molar-refractivity contribution >= 4 is 50.3 Å². The highest BCUT2D eigenvalue weighted by molar-refractivity contribution is 7.92. The van der Waals surface area contributed by atoms with E-state index in [9.17, 15) is 8.42 Å². The molecule has 2 N–H and O–H groups in total. The second-order valence-electron chi connectivity index (χ2n) is 7.94. The third-order valence-electron chi connectivity index (χ3n) is 5.74. The molecular weight excluding hydrogens is 438 g/mol. The van der Waals surface area contributed by atoms with Gasteiger partial charge >= 0.3 is 0 Å². The molecule has 2 aromatic carbocycles. The van der Waals surface area contributed by atoms with Crippen molar-refractivity contribution in [3.63, 3.8) is 0 Å². The number of hydrogen-bond acceptors (Lipinski definition) is 3. The van der Waals surface area contributed by atoms with Gasteiger partial charge in [0, 0.05) is 23.3 Å². The number of anilines is 2. The number of thiocarbonyl (C=S) groups is 1. The first-order valence-electron chi connectivity index (χ1n) is 10.1. The predicted octanol–water partition coefficient (Wildman–Crippen LogP) is 4.97. The number of hydrogen-bond donors (Lipinski definition) is 2. The van der Waals surface area contributed by atoms with Gasteiger partial charge in [-0.2, -0.15) is 0 Å². The van der Waals surface area contributed by atoms with E-state index in [1.54, 1.807) is 12.1 Å². The molecule has 0 aromatic heterocycles. The standard InChI is InChI=1S/C22H28ClN3O2S2/c1-26(30(2,27)28)19-10-7-9-18(16-19)24-21(29)25-22(13-5-6-14-22)15-12-17-8-3-4-11-20(17)23/h3-4,7-11,16H,5-6,12-15H2,1-2H3,(H2,24,25,29). The van der Waals surface area contributed by atoms with E-state index >= 15 is 0 Å². The van der Waals surface area contributed by atoms with Crippen molar-refractivity contribution < 1.29 is 8.42 Å². The van der Waals surface area contributed by atoms with Crippen LogP contribution in [0.2, 0.25) is 5.02 Å². The summed E-state index contributed by atoms with van der Waals surface area (Å²) in [4.78, 5) is 0. The topological polar surface area (TPSA) is 61.4 Å². The Morgan fingerprint density at radius 3 is 2.53 bits per heavy atom. The van der Waals surface area contributed by atoms with E-state index in [4.69, 9.17) is 23.8 Å². The van der Waals surface area contributed by atoms with E-state index in [0.29, 0.717) is 10.8 Å². The minimum Gasteiger partial charge on any atom is -0.357 e. The van der Waals surface area contributed by atoms with Crippen molar-refractivity contribution in [1.29, 1.82) is 0 Å². The summed E-state index contributed by atoms with van der Waals surface area (Å²) in [5.41, 5.74) is 2.44. The van der Waals surface area contributed by atoms with Gasteiger partial charge < -0.3 is 10.6 Å². The zero-order valence-electron chi connectivity index (χ0n) is 17.3. The lowest BCUT2D eigenvalue weighted by atomic mass is 9.89. The molecule has 0 radical (unpaired) electrons. The van der Waals surface area contributed by atoms with Gasteiger partial charge in [0.05, 0.1) is 11.9 Å². The smallest absolute Gasteiger partial charge is 0.231 e. The molecule has 3 rings (SSSR count). The molecule has 8 heteroatoms. The molecule has 0 saturated heterocycles. The van der Waals surface area contributed by atoms with E-state index in [2.05, 4.69) is 16.7 Å². The number of rotatable bonds is 7. The van der Waals surface area contributed by atoms with Crippen molar-refractivity contribution in [2.45, 2.75) is 44.1 Å². The van der Waals surface area contributed by atoms with Crippen molar-refractivity contribution in [2.75, 3.05) is 22.9 Å². The summed E-state index contributed by atoms with van der Waals surface area (Å²) in [7, 11) is -1.79. The fraction of sp³-hybridized carbons (Fsp3) is 0.409. The van der Waals surface area contributed by atoms with Gasteiger partial charge in [-0.15, -0.1) is 0 Å². The van der Waals surface area contributed by atoms with Gasteiger partial charge in [0.25, 0.3) is 0 Å². The van der Waals surface area contributed by atoms with Crippen LogP contribution < -0.4 is 14.9 Å². The highest BCUT2D eigenvalue weighted by Gasteiger charge is 2.34. The first-order chi connectivity index (χ1) is 14.2. The summed E-state index contributed by atoms with van der Waals surface area (Å²) in [6.45, 7) is 0. The van der Waals surface area contributed by atoms with Crippen LogP contribution in [0.4, 0.5) is 11.4 Å². The van der Waals surface area contributed by atoms with Gasteiger partial charge in [0.2, 0.25) is 10.0 Å². The van der Waals surface area contributed by atoms with Crippen LogP contribution in [0.3, 0.4) is 0 Å². The Morgan fingerprint density at radius 1 is 1.17 bits per heavy atom.